The van der Waals surface area contributed by atoms with Gasteiger partial charge in [0.25, 0.3) is 0 Å². The lowest BCUT2D eigenvalue weighted by molar-refractivity contribution is 0.173. The molecule has 3 rings (SSSR count). The minimum Gasteiger partial charge on any atom is -0.493 e. The van der Waals surface area contributed by atoms with Crippen molar-refractivity contribution in [1.29, 1.82) is 5.26 Å². The van der Waals surface area contributed by atoms with Crippen molar-refractivity contribution in [3.05, 3.63) is 48.3 Å². The summed E-state index contributed by atoms with van der Waals surface area (Å²) in [6, 6.07) is 9.32. The SMILES string of the molecule is N#CNC(=NCCCCCCOc1ccc2c(c1)OCO2)c1cccnc1. The van der Waals surface area contributed by atoms with Gasteiger partial charge in [-0.25, -0.2) is 0 Å². The lowest BCUT2D eigenvalue weighted by atomic mass is 10.2. The number of benzene rings is 1. The molecule has 0 aliphatic carbocycles. The molecule has 1 aromatic carbocycles. The summed E-state index contributed by atoms with van der Waals surface area (Å²) in [4.78, 5) is 8.52. The number of ether oxygens (including phenoxy) is 3. The van der Waals surface area contributed by atoms with Crippen LogP contribution < -0.4 is 19.5 Å². The number of nitrogens with zero attached hydrogens (tertiary/aromatic N) is 3. The molecule has 7 heteroatoms. The Kier molecular flexibility index (Phi) is 6.87. The summed E-state index contributed by atoms with van der Waals surface area (Å²) in [5, 5.41) is 11.5. The topological polar surface area (TPSA) is 88.8 Å². The summed E-state index contributed by atoms with van der Waals surface area (Å²) in [6.07, 6.45) is 9.36. The van der Waals surface area contributed by atoms with Gasteiger partial charge in [-0.15, -0.1) is 0 Å². The highest BCUT2D eigenvalue weighted by atomic mass is 16.7. The van der Waals surface area contributed by atoms with Gasteiger partial charge in [0, 0.05) is 30.6 Å². The van der Waals surface area contributed by atoms with Crippen molar-refractivity contribution in [1.82, 2.24) is 10.3 Å². The molecule has 0 unspecified atom stereocenters. The van der Waals surface area contributed by atoms with E-state index in [0.717, 1.165) is 48.5 Å². The van der Waals surface area contributed by atoms with E-state index in [0.29, 0.717) is 19.0 Å². The third-order valence-corrected chi connectivity index (χ3v) is 4.04. The maximum atomic E-state index is 8.85. The standard InChI is InChI=1S/C20H22N4O3/c21-14-24-20(16-6-5-9-22-13-16)23-10-3-1-2-4-11-25-17-7-8-18-19(12-17)27-15-26-18/h5-9,12-13H,1-4,10-11,15H2,(H,23,24). The number of rotatable bonds is 9. The second kappa shape index (κ2) is 10.0. The third kappa shape index (κ3) is 5.61. The first-order chi connectivity index (χ1) is 13.4. The van der Waals surface area contributed by atoms with Crippen LogP contribution in [0.2, 0.25) is 0 Å². The van der Waals surface area contributed by atoms with Gasteiger partial charge in [-0.05, 0) is 43.5 Å². The molecule has 0 fully saturated rings. The van der Waals surface area contributed by atoms with Crippen molar-refractivity contribution in [2.45, 2.75) is 25.7 Å². The van der Waals surface area contributed by atoms with Gasteiger partial charge in [0.15, 0.2) is 17.7 Å². The molecule has 1 aliphatic heterocycles. The Morgan fingerprint density at radius 2 is 2.07 bits per heavy atom. The molecule has 1 aromatic heterocycles. The van der Waals surface area contributed by atoms with E-state index in [-0.39, 0.29) is 6.79 Å². The smallest absolute Gasteiger partial charge is 0.231 e. The summed E-state index contributed by atoms with van der Waals surface area (Å²) in [6.45, 7) is 1.61. The highest BCUT2D eigenvalue weighted by Crippen LogP contribution is 2.35. The van der Waals surface area contributed by atoms with Gasteiger partial charge in [-0.3, -0.25) is 15.3 Å². The summed E-state index contributed by atoms with van der Waals surface area (Å²) in [5.41, 5.74) is 0.816. The molecule has 7 nitrogen and oxygen atoms in total. The summed E-state index contributed by atoms with van der Waals surface area (Å²) >= 11 is 0. The van der Waals surface area contributed by atoms with E-state index in [2.05, 4.69) is 15.3 Å². The second-order valence-corrected chi connectivity index (χ2v) is 5.99. The molecule has 0 atom stereocenters. The van der Waals surface area contributed by atoms with E-state index in [9.17, 15) is 0 Å². The van der Waals surface area contributed by atoms with Crippen LogP contribution in [0.5, 0.6) is 17.2 Å². The summed E-state index contributed by atoms with van der Waals surface area (Å²) < 4.78 is 16.4. The van der Waals surface area contributed by atoms with Gasteiger partial charge in [-0.2, -0.15) is 5.26 Å². The largest absolute Gasteiger partial charge is 0.493 e. The van der Waals surface area contributed by atoms with Crippen LogP contribution in [0.1, 0.15) is 31.2 Å². The third-order valence-electron chi connectivity index (χ3n) is 4.04. The van der Waals surface area contributed by atoms with Crippen LogP contribution in [-0.2, 0) is 0 Å². The number of aromatic nitrogens is 1. The molecule has 2 aromatic rings. The van der Waals surface area contributed by atoms with Crippen molar-refractivity contribution in [2.24, 2.45) is 4.99 Å². The van der Waals surface area contributed by atoms with Crippen LogP contribution in [0.25, 0.3) is 0 Å². The molecule has 0 spiro atoms. The number of unbranched alkanes of at least 4 members (excludes halogenated alkanes) is 3. The number of amidine groups is 1. The van der Waals surface area contributed by atoms with Crippen LogP contribution in [0.3, 0.4) is 0 Å². The maximum absolute atomic E-state index is 8.85. The minimum absolute atomic E-state index is 0.271. The molecule has 2 heterocycles. The molecule has 0 saturated heterocycles. The average Bonchev–Trinajstić information content (AvgIpc) is 3.17. The Morgan fingerprint density at radius 1 is 1.19 bits per heavy atom. The maximum Gasteiger partial charge on any atom is 0.231 e. The normalized spacial score (nSPS) is 12.5. The molecular weight excluding hydrogens is 344 g/mol. The molecule has 0 radical (unpaired) electrons. The fraction of sp³-hybridized carbons (Fsp3) is 0.350. The minimum atomic E-state index is 0.271. The molecule has 0 amide bonds. The molecule has 1 N–H and O–H groups in total. The van der Waals surface area contributed by atoms with E-state index in [4.69, 9.17) is 19.5 Å². The van der Waals surface area contributed by atoms with Crippen LogP contribution in [0, 0.1) is 11.5 Å². The van der Waals surface area contributed by atoms with Gasteiger partial charge in [0.1, 0.15) is 11.6 Å². The number of fused-ring (bicyclic) bond motifs is 1. The predicted molar refractivity (Wildman–Crippen MR) is 101 cm³/mol. The first-order valence-electron chi connectivity index (χ1n) is 8.99. The van der Waals surface area contributed by atoms with Crippen molar-refractivity contribution in [3.8, 4) is 23.4 Å². The van der Waals surface area contributed by atoms with E-state index >= 15 is 0 Å². The van der Waals surface area contributed by atoms with E-state index in [1.807, 2.05) is 36.5 Å². The van der Waals surface area contributed by atoms with Crippen molar-refractivity contribution in [3.63, 3.8) is 0 Å². The number of nitriles is 1. The Hall–Kier alpha value is -3.27. The first kappa shape index (κ1) is 18.5. The van der Waals surface area contributed by atoms with Gasteiger partial charge < -0.3 is 14.2 Å². The van der Waals surface area contributed by atoms with E-state index in [1.54, 1.807) is 12.4 Å². The molecule has 27 heavy (non-hydrogen) atoms. The lowest BCUT2D eigenvalue weighted by Crippen LogP contribution is -2.19. The van der Waals surface area contributed by atoms with Crippen LogP contribution in [-0.4, -0.2) is 30.8 Å². The molecule has 1 aliphatic rings. The van der Waals surface area contributed by atoms with Gasteiger partial charge in [0.2, 0.25) is 6.79 Å². The Morgan fingerprint density at radius 3 is 2.93 bits per heavy atom. The van der Waals surface area contributed by atoms with Crippen molar-refractivity contribution in [2.75, 3.05) is 19.9 Å². The molecule has 140 valence electrons. The lowest BCUT2D eigenvalue weighted by Gasteiger charge is -2.07. The van der Waals surface area contributed by atoms with E-state index < -0.39 is 0 Å². The number of hydrogen-bond acceptors (Lipinski definition) is 6. The number of nitrogens with one attached hydrogen (secondary N) is 1. The highest BCUT2D eigenvalue weighted by molar-refractivity contribution is 5.99. The second-order valence-electron chi connectivity index (χ2n) is 5.99. The average molecular weight is 366 g/mol. The molecule has 0 saturated carbocycles. The van der Waals surface area contributed by atoms with Gasteiger partial charge in [-0.1, -0.05) is 6.42 Å². The highest BCUT2D eigenvalue weighted by Gasteiger charge is 2.13. The molecular formula is C20H22N4O3. The fourth-order valence-electron chi connectivity index (χ4n) is 2.67. The summed E-state index contributed by atoms with van der Waals surface area (Å²) in [7, 11) is 0. The van der Waals surface area contributed by atoms with Gasteiger partial charge in [0.05, 0.1) is 6.61 Å². The Labute approximate surface area is 158 Å². The predicted octanol–water partition coefficient (Wildman–Crippen LogP) is 3.27. The monoisotopic (exact) mass is 366 g/mol. The Balaban J connectivity index is 1.31. The fourth-order valence-corrected chi connectivity index (χ4v) is 2.67. The number of hydrogen-bond donors (Lipinski definition) is 1. The van der Waals surface area contributed by atoms with Crippen LogP contribution >= 0.6 is 0 Å². The molecule has 0 bridgehead atoms. The number of aliphatic imine (C=N–C) groups is 1. The Bertz CT molecular complexity index is 803. The van der Waals surface area contributed by atoms with Crippen molar-refractivity contribution >= 4 is 5.84 Å². The number of pyridine rings is 1. The zero-order chi connectivity index (χ0) is 18.7. The van der Waals surface area contributed by atoms with E-state index in [1.165, 1.54) is 0 Å². The zero-order valence-corrected chi connectivity index (χ0v) is 15.1. The van der Waals surface area contributed by atoms with Crippen molar-refractivity contribution < 1.29 is 14.2 Å². The quantitative estimate of drug-likeness (QED) is 0.241. The zero-order valence-electron chi connectivity index (χ0n) is 15.1. The summed E-state index contributed by atoms with van der Waals surface area (Å²) in [5.74, 6) is 2.87. The van der Waals surface area contributed by atoms with Crippen LogP contribution in [0.15, 0.2) is 47.7 Å². The van der Waals surface area contributed by atoms with Crippen LogP contribution in [0.4, 0.5) is 0 Å². The van der Waals surface area contributed by atoms with Gasteiger partial charge >= 0.3 is 0 Å². The first-order valence-corrected chi connectivity index (χ1v) is 8.99.